The third-order valence-corrected chi connectivity index (χ3v) is 5.96. The summed E-state index contributed by atoms with van der Waals surface area (Å²) >= 11 is 0. The van der Waals surface area contributed by atoms with Gasteiger partial charge in [0.05, 0.1) is 17.9 Å². The first-order valence-corrected chi connectivity index (χ1v) is 10.6. The number of aromatic nitrogens is 6. The number of nitrogens with zero attached hydrogens (tertiary/aromatic N) is 6. The molecule has 0 unspecified atom stereocenters. The number of benzene rings is 1. The smallest absolute Gasteiger partial charge is 0.283 e. The van der Waals surface area contributed by atoms with E-state index in [-0.39, 0.29) is 29.5 Å². The molecule has 1 aliphatic carbocycles. The van der Waals surface area contributed by atoms with Crippen molar-refractivity contribution in [2.45, 2.75) is 51.2 Å². The van der Waals surface area contributed by atoms with Gasteiger partial charge >= 0.3 is 0 Å². The van der Waals surface area contributed by atoms with Crippen LogP contribution in [0.3, 0.4) is 0 Å². The molecule has 31 heavy (non-hydrogen) atoms. The molecular weight excluding hydrogens is 399 g/mol. The number of hydrogen-bond donors (Lipinski definition) is 0. The minimum atomic E-state index is -0.328. The van der Waals surface area contributed by atoms with Gasteiger partial charge < -0.3 is 4.74 Å². The third kappa shape index (κ3) is 3.48. The van der Waals surface area contributed by atoms with Crippen LogP contribution in [0.1, 0.15) is 50.3 Å². The van der Waals surface area contributed by atoms with Crippen molar-refractivity contribution in [3.05, 3.63) is 52.5 Å². The highest BCUT2D eigenvalue weighted by molar-refractivity contribution is 5.83. The monoisotopic (exact) mass is 422 g/mol. The molecule has 4 aromatic rings. The average Bonchev–Trinajstić information content (AvgIpc) is 2.94. The second-order valence-electron chi connectivity index (χ2n) is 7.97. The van der Waals surface area contributed by atoms with E-state index in [0.717, 1.165) is 31.2 Å². The van der Waals surface area contributed by atoms with Crippen molar-refractivity contribution in [2.24, 2.45) is 0 Å². The van der Waals surface area contributed by atoms with Gasteiger partial charge in [-0.1, -0.05) is 37.8 Å². The second-order valence-corrected chi connectivity index (χ2v) is 7.97. The number of fused-ring (bicyclic) bond motifs is 3. The molecule has 1 fully saturated rings. The van der Waals surface area contributed by atoms with Gasteiger partial charge in [0.25, 0.3) is 5.56 Å². The first-order valence-electron chi connectivity index (χ1n) is 10.6. The normalized spacial score (nSPS) is 15.5. The molecule has 8 nitrogen and oxygen atoms in total. The first kappa shape index (κ1) is 19.7. The fourth-order valence-corrected chi connectivity index (χ4v) is 4.43. The van der Waals surface area contributed by atoms with Crippen LogP contribution in [0.4, 0.5) is 4.39 Å². The molecule has 0 bridgehead atoms. The molecule has 0 saturated heterocycles. The fraction of sp³-hybridized carbons (Fsp3) is 0.409. The van der Waals surface area contributed by atoms with Gasteiger partial charge in [0.1, 0.15) is 12.1 Å². The molecule has 0 amide bonds. The summed E-state index contributed by atoms with van der Waals surface area (Å²) in [4.78, 5) is 17.8. The Labute approximate surface area is 177 Å². The summed E-state index contributed by atoms with van der Waals surface area (Å²) in [6.45, 7) is 0.233. The Hall–Kier alpha value is -3.20. The molecule has 0 aliphatic heterocycles. The van der Waals surface area contributed by atoms with Gasteiger partial charge in [-0.25, -0.2) is 9.37 Å². The molecule has 0 atom stereocenters. The summed E-state index contributed by atoms with van der Waals surface area (Å²) in [5.74, 6) is -0.328. The highest BCUT2D eigenvalue weighted by Crippen LogP contribution is 2.29. The summed E-state index contributed by atoms with van der Waals surface area (Å²) < 4.78 is 22.0. The first-order chi connectivity index (χ1) is 15.2. The molecule has 1 aromatic carbocycles. The van der Waals surface area contributed by atoms with Crippen LogP contribution in [0.5, 0.6) is 0 Å². The van der Waals surface area contributed by atoms with Gasteiger partial charge in [0.15, 0.2) is 16.8 Å². The molecule has 160 valence electrons. The Morgan fingerprint density at radius 2 is 1.81 bits per heavy atom. The Morgan fingerprint density at radius 1 is 1.06 bits per heavy atom. The molecule has 9 heteroatoms. The number of hydrogen-bond acceptors (Lipinski definition) is 6. The predicted octanol–water partition coefficient (Wildman–Crippen LogP) is 3.68. The van der Waals surface area contributed by atoms with E-state index in [9.17, 15) is 9.18 Å². The summed E-state index contributed by atoms with van der Waals surface area (Å²) in [6.07, 6.45) is 8.18. The lowest BCUT2D eigenvalue weighted by molar-refractivity contribution is 0.181. The minimum absolute atomic E-state index is 0.140. The van der Waals surface area contributed by atoms with E-state index < -0.39 is 0 Å². The van der Waals surface area contributed by atoms with Crippen LogP contribution >= 0.6 is 0 Å². The van der Waals surface area contributed by atoms with Gasteiger partial charge in [0.2, 0.25) is 0 Å². The number of rotatable bonds is 4. The molecule has 3 heterocycles. The van der Waals surface area contributed by atoms with Crippen molar-refractivity contribution in [2.75, 3.05) is 7.11 Å². The van der Waals surface area contributed by atoms with Gasteiger partial charge in [-0.15, -0.1) is 10.2 Å². The minimum Gasteiger partial charge on any atom is -0.378 e. The Balaban J connectivity index is 1.69. The topological polar surface area (TPSA) is 87.2 Å². The zero-order chi connectivity index (χ0) is 21.4. The molecule has 1 saturated carbocycles. The number of methoxy groups -OCH3 is 1. The van der Waals surface area contributed by atoms with Crippen molar-refractivity contribution in [1.29, 1.82) is 0 Å². The van der Waals surface area contributed by atoms with Gasteiger partial charge in [-0.05, 0) is 30.5 Å². The summed E-state index contributed by atoms with van der Waals surface area (Å²) in [6, 6.07) is 6.23. The van der Waals surface area contributed by atoms with E-state index in [1.807, 2.05) is 0 Å². The van der Waals surface area contributed by atoms with E-state index >= 15 is 0 Å². The van der Waals surface area contributed by atoms with Gasteiger partial charge in [0, 0.05) is 13.2 Å². The van der Waals surface area contributed by atoms with Crippen molar-refractivity contribution in [1.82, 2.24) is 29.4 Å². The maximum atomic E-state index is 13.4. The van der Waals surface area contributed by atoms with Crippen LogP contribution in [-0.4, -0.2) is 36.5 Å². The Bertz CT molecular complexity index is 1290. The molecule has 0 radical (unpaired) electrons. The van der Waals surface area contributed by atoms with E-state index in [1.54, 1.807) is 30.1 Å². The maximum absolute atomic E-state index is 13.4. The maximum Gasteiger partial charge on any atom is 0.283 e. The second kappa shape index (κ2) is 8.14. The number of halogens is 1. The molecule has 5 rings (SSSR count). The SMILES string of the molecule is COCc1nn2c(nnc3c(=O)n(C4CCCCCC4)cnc32)c1-c1ccc(F)cc1. The fourth-order valence-electron chi connectivity index (χ4n) is 4.43. The van der Waals surface area contributed by atoms with E-state index in [0.29, 0.717) is 22.6 Å². The van der Waals surface area contributed by atoms with E-state index in [4.69, 9.17) is 4.74 Å². The summed E-state index contributed by atoms with van der Waals surface area (Å²) in [5, 5.41) is 13.2. The van der Waals surface area contributed by atoms with E-state index in [1.165, 1.54) is 29.5 Å². The van der Waals surface area contributed by atoms with Crippen LogP contribution in [0.25, 0.3) is 27.9 Å². The standard InChI is InChI=1S/C22H23FN6O2/c1-31-12-17-18(14-8-10-15(23)11-9-14)20-26-25-19-21(29(20)27-17)24-13-28(22(19)30)16-6-4-2-3-5-7-16/h8-11,13,16H,2-7,12H2,1H3. The molecular formula is C22H23FN6O2. The van der Waals surface area contributed by atoms with Crippen LogP contribution in [-0.2, 0) is 11.3 Å². The zero-order valence-electron chi connectivity index (χ0n) is 17.3. The van der Waals surface area contributed by atoms with Crippen LogP contribution in [0.15, 0.2) is 35.4 Å². The highest BCUT2D eigenvalue weighted by atomic mass is 19.1. The summed E-state index contributed by atoms with van der Waals surface area (Å²) in [5.41, 5.74) is 2.84. The largest absolute Gasteiger partial charge is 0.378 e. The molecule has 1 aliphatic rings. The number of ether oxygens (including phenoxy) is 1. The molecule has 0 N–H and O–H groups in total. The van der Waals surface area contributed by atoms with Crippen molar-refractivity contribution >= 4 is 16.8 Å². The van der Waals surface area contributed by atoms with Gasteiger partial charge in [-0.3, -0.25) is 9.36 Å². The van der Waals surface area contributed by atoms with Crippen molar-refractivity contribution in [3.63, 3.8) is 0 Å². The third-order valence-electron chi connectivity index (χ3n) is 5.96. The molecule has 0 spiro atoms. The Morgan fingerprint density at radius 3 is 2.52 bits per heavy atom. The lowest BCUT2D eigenvalue weighted by atomic mass is 10.1. The zero-order valence-corrected chi connectivity index (χ0v) is 17.3. The lowest BCUT2D eigenvalue weighted by Gasteiger charge is -2.17. The van der Waals surface area contributed by atoms with Gasteiger partial charge in [-0.2, -0.15) is 9.61 Å². The molecule has 3 aromatic heterocycles. The quantitative estimate of drug-likeness (QED) is 0.466. The van der Waals surface area contributed by atoms with Crippen LogP contribution < -0.4 is 5.56 Å². The van der Waals surface area contributed by atoms with Crippen LogP contribution in [0, 0.1) is 5.82 Å². The average molecular weight is 422 g/mol. The predicted molar refractivity (Wildman–Crippen MR) is 113 cm³/mol. The van der Waals surface area contributed by atoms with E-state index in [2.05, 4.69) is 20.3 Å². The highest BCUT2D eigenvalue weighted by Gasteiger charge is 2.22. The lowest BCUT2D eigenvalue weighted by Crippen LogP contribution is -2.26. The van der Waals surface area contributed by atoms with Crippen molar-refractivity contribution < 1.29 is 9.13 Å². The van der Waals surface area contributed by atoms with Crippen LogP contribution in [0.2, 0.25) is 0 Å². The summed E-state index contributed by atoms with van der Waals surface area (Å²) in [7, 11) is 1.58. The Kier molecular flexibility index (Phi) is 5.19. The van der Waals surface area contributed by atoms with Crippen molar-refractivity contribution in [3.8, 4) is 11.1 Å².